The van der Waals surface area contributed by atoms with Gasteiger partial charge in [-0.3, -0.25) is 9.29 Å². The Hall–Kier alpha value is -2.54. The SMILES string of the molecule is Cc1cnc2c(S(=O)(=O)N(C)c3cc(F)ccc3F)cccc2c1. The van der Waals surface area contributed by atoms with Crippen molar-refractivity contribution in [2.24, 2.45) is 0 Å². The Morgan fingerprint density at radius 3 is 2.58 bits per heavy atom. The number of aromatic nitrogens is 1. The highest BCUT2D eigenvalue weighted by atomic mass is 32.2. The van der Waals surface area contributed by atoms with Crippen LogP contribution in [0.4, 0.5) is 14.5 Å². The fourth-order valence-corrected chi connectivity index (χ4v) is 3.81. The molecule has 0 amide bonds. The normalized spacial score (nSPS) is 11.7. The molecule has 0 N–H and O–H groups in total. The van der Waals surface area contributed by atoms with Crippen molar-refractivity contribution in [3.8, 4) is 0 Å². The molecule has 0 fully saturated rings. The van der Waals surface area contributed by atoms with Gasteiger partial charge in [0.15, 0.2) is 0 Å². The standard InChI is InChI=1S/C17H14F2N2O2S/c1-11-8-12-4-3-5-16(17(12)20-10-11)24(22,23)21(2)15-9-13(18)6-7-14(15)19/h3-10H,1-2H3. The number of hydrogen-bond donors (Lipinski definition) is 0. The van der Waals surface area contributed by atoms with E-state index in [9.17, 15) is 17.2 Å². The highest BCUT2D eigenvalue weighted by Crippen LogP contribution is 2.29. The van der Waals surface area contributed by atoms with Crippen molar-refractivity contribution in [3.05, 3.63) is 65.9 Å². The monoisotopic (exact) mass is 348 g/mol. The van der Waals surface area contributed by atoms with E-state index in [0.717, 1.165) is 28.1 Å². The number of halogens is 2. The molecule has 0 atom stereocenters. The topological polar surface area (TPSA) is 50.3 Å². The lowest BCUT2D eigenvalue weighted by Crippen LogP contribution is -2.27. The molecule has 0 unspecified atom stereocenters. The van der Waals surface area contributed by atoms with Gasteiger partial charge in [-0.05, 0) is 36.8 Å². The molecule has 0 saturated heterocycles. The van der Waals surface area contributed by atoms with Crippen LogP contribution in [0.5, 0.6) is 0 Å². The van der Waals surface area contributed by atoms with E-state index in [4.69, 9.17) is 0 Å². The Labute approximate surface area is 138 Å². The Balaban J connectivity index is 2.19. The number of para-hydroxylation sites is 1. The minimum atomic E-state index is -4.11. The molecule has 2 aromatic carbocycles. The van der Waals surface area contributed by atoms with Crippen molar-refractivity contribution in [1.29, 1.82) is 0 Å². The van der Waals surface area contributed by atoms with Gasteiger partial charge in [0, 0.05) is 24.7 Å². The van der Waals surface area contributed by atoms with Crippen LogP contribution in [0.15, 0.2) is 53.6 Å². The molecular formula is C17H14F2N2O2S. The third kappa shape index (κ3) is 2.71. The number of fused-ring (bicyclic) bond motifs is 1. The molecule has 124 valence electrons. The molecule has 0 aliphatic rings. The molecular weight excluding hydrogens is 334 g/mol. The Kier molecular flexibility index (Phi) is 3.96. The minimum Gasteiger partial charge on any atom is -0.266 e. The van der Waals surface area contributed by atoms with Crippen LogP contribution in [0.2, 0.25) is 0 Å². The Morgan fingerprint density at radius 1 is 1.08 bits per heavy atom. The molecule has 0 aliphatic heterocycles. The van der Waals surface area contributed by atoms with Crippen molar-refractivity contribution in [1.82, 2.24) is 4.98 Å². The van der Waals surface area contributed by atoms with Gasteiger partial charge in [0.25, 0.3) is 10.0 Å². The summed E-state index contributed by atoms with van der Waals surface area (Å²) in [6.07, 6.45) is 1.56. The zero-order valence-electron chi connectivity index (χ0n) is 13.0. The number of rotatable bonds is 3. The number of hydrogen-bond acceptors (Lipinski definition) is 3. The van der Waals surface area contributed by atoms with E-state index >= 15 is 0 Å². The van der Waals surface area contributed by atoms with Gasteiger partial charge in [0.2, 0.25) is 0 Å². The molecule has 0 spiro atoms. The van der Waals surface area contributed by atoms with Crippen LogP contribution in [0.3, 0.4) is 0 Å². The summed E-state index contributed by atoms with van der Waals surface area (Å²) in [4.78, 5) is 4.13. The fourth-order valence-electron chi connectivity index (χ4n) is 2.46. The number of pyridine rings is 1. The second-order valence-corrected chi connectivity index (χ2v) is 7.35. The summed E-state index contributed by atoms with van der Waals surface area (Å²) in [5.41, 5.74) is 0.812. The summed E-state index contributed by atoms with van der Waals surface area (Å²) in [5, 5.41) is 0.657. The number of sulfonamides is 1. The molecule has 0 saturated carbocycles. The maximum Gasteiger partial charge on any atom is 0.266 e. The molecule has 0 radical (unpaired) electrons. The molecule has 0 bridgehead atoms. The van der Waals surface area contributed by atoms with Gasteiger partial charge in [0.05, 0.1) is 11.2 Å². The maximum absolute atomic E-state index is 13.9. The number of aryl methyl sites for hydroxylation is 1. The van der Waals surface area contributed by atoms with Crippen LogP contribution in [0.1, 0.15) is 5.56 Å². The fraction of sp³-hybridized carbons (Fsp3) is 0.118. The van der Waals surface area contributed by atoms with Crippen molar-refractivity contribution in [3.63, 3.8) is 0 Å². The lowest BCUT2D eigenvalue weighted by atomic mass is 10.2. The van der Waals surface area contributed by atoms with E-state index in [-0.39, 0.29) is 16.1 Å². The largest absolute Gasteiger partial charge is 0.266 e. The van der Waals surface area contributed by atoms with Crippen LogP contribution in [0.25, 0.3) is 10.9 Å². The van der Waals surface area contributed by atoms with Gasteiger partial charge in [-0.2, -0.15) is 0 Å². The van der Waals surface area contributed by atoms with Crippen LogP contribution in [0, 0.1) is 18.6 Å². The van der Waals surface area contributed by atoms with E-state index in [0.29, 0.717) is 5.39 Å². The van der Waals surface area contributed by atoms with Crippen LogP contribution in [-0.4, -0.2) is 20.4 Å². The average Bonchev–Trinajstić information content (AvgIpc) is 2.55. The first-order chi connectivity index (χ1) is 11.3. The summed E-state index contributed by atoms with van der Waals surface area (Å²) in [6.45, 7) is 1.85. The molecule has 24 heavy (non-hydrogen) atoms. The van der Waals surface area contributed by atoms with Gasteiger partial charge < -0.3 is 0 Å². The Bertz CT molecular complexity index is 1040. The quantitative estimate of drug-likeness (QED) is 0.726. The third-order valence-corrected chi connectivity index (χ3v) is 5.50. The van der Waals surface area contributed by atoms with Gasteiger partial charge in [-0.1, -0.05) is 12.1 Å². The average molecular weight is 348 g/mol. The second-order valence-electron chi connectivity index (χ2n) is 5.41. The molecule has 4 nitrogen and oxygen atoms in total. The first kappa shape index (κ1) is 16.3. The molecule has 3 aromatic rings. The number of anilines is 1. The number of nitrogens with zero attached hydrogens (tertiary/aromatic N) is 2. The lowest BCUT2D eigenvalue weighted by Gasteiger charge is -2.20. The predicted octanol–water partition coefficient (Wildman–Crippen LogP) is 3.65. The summed E-state index contributed by atoms with van der Waals surface area (Å²) in [5.74, 6) is -1.55. The second kappa shape index (κ2) is 5.83. The molecule has 0 aliphatic carbocycles. The molecule has 3 rings (SSSR count). The highest BCUT2D eigenvalue weighted by Gasteiger charge is 2.26. The van der Waals surface area contributed by atoms with Crippen molar-refractivity contribution >= 4 is 26.6 Å². The van der Waals surface area contributed by atoms with E-state index in [1.807, 2.05) is 13.0 Å². The minimum absolute atomic E-state index is 0.0637. The first-order valence-corrected chi connectivity index (χ1v) is 8.54. The maximum atomic E-state index is 13.9. The summed E-state index contributed by atoms with van der Waals surface area (Å²) in [6, 6.07) is 9.21. The van der Waals surface area contributed by atoms with Crippen LogP contribution < -0.4 is 4.31 Å². The van der Waals surface area contributed by atoms with Gasteiger partial charge in [0.1, 0.15) is 16.5 Å². The summed E-state index contributed by atoms with van der Waals surface area (Å²) < 4.78 is 53.8. The predicted molar refractivity (Wildman–Crippen MR) is 88.4 cm³/mol. The lowest BCUT2D eigenvalue weighted by molar-refractivity contribution is 0.585. The molecule has 1 aromatic heterocycles. The van der Waals surface area contributed by atoms with Gasteiger partial charge in [-0.15, -0.1) is 0 Å². The van der Waals surface area contributed by atoms with Crippen LogP contribution >= 0.6 is 0 Å². The van der Waals surface area contributed by atoms with E-state index in [2.05, 4.69) is 4.98 Å². The zero-order chi connectivity index (χ0) is 17.5. The number of benzene rings is 2. The van der Waals surface area contributed by atoms with Crippen molar-refractivity contribution in [2.45, 2.75) is 11.8 Å². The molecule has 7 heteroatoms. The van der Waals surface area contributed by atoms with Gasteiger partial charge >= 0.3 is 0 Å². The first-order valence-electron chi connectivity index (χ1n) is 7.10. The smallest absolute Gasteiger partial charge is 0.266 e. The Morgan fingerprint density at radius 2 is 1.83 bits per heavy atom. The van der Waals surface area contributed by atoms with Crippen molar-refractivity contribution in [2.75, 3.05) is 11.4 Å². The summed E-state index contributed by atoms with van der Waals surface area (Å²) in [7, 11) is -2.93. The van der Waals surface area contributed by atoms with E-state index < -0.39 is 21.7 Å². The van der Waals surface area contributed by atoms with E-state index in [1.54, 1.807) is 18.3 Å². The highest BCUT2D eigenvalue weighted by molar-refractivity contribution is 7.93. The van der Waals surface area contributed by atoms with Crippen molar-refractivity contribution < 1.29 is 17.2 Å². The van der Waals surface area contributed by atoms with E-state index in [1.165, 1.54) is 13.1 Å². The third-order valence-electron chi connectivity index (χ3n) is 3.70. The molecule has 1 heterocycles. The van der Waals surface area contributed by atoms with Gasteiger partial charge in [-0.25, -0.2) is 17.2 Å². The zero-order valence-corrected chi connectivity index (χ0v) is 13.8. The van der Waals surface area contributed by atoms with Crippen LogP contribution in [-0.2, 0) is 10.0 Å². The summed E-state index contributed by atoms with van der Waals surface area (Å²) >= 11 is 0.